The first-order valence-corrected chi connectivity index (χ1v) is 7.57. The molecule has 0 unspecified atom stereocenters. The van der Waals surface area contributed by atoms with Crippen molar-refractivity contribution in [3.05, 3.63) is 29.8 Å². The smallest absolute Gasteiger partial charge is 0.321 e. The molecule has 3 N–H and O–H groups in total. The van der Waals surface area contributed by atoms with E-state index >= 15 is 0 Å². The number of primary amides is 1. The van der Waals surface area contributed by atoms with Crippen LogP contribution in [0, 0.1) is 5.92 Å². The molecular weight excluding hydrogens is 304 g/mol. The second-order valence-corrected chi connectivity index (χ2v) is 6.02. The zero-order valence-electron chi connectivity index (χ0n) is 13.0. The van der Waals surface area contributed by atoms with Crippen molar-refractivity contribution in [3.8, 4) is 0 Å². The van der Waals surface area contributed by atoms with Crippen LogP contribution in [0.2, 0.25) is 0 Å². The van der Waals surface area contributed by atoms with E-state index in [0.717, 1.165) is 0 Å². The first-order chi connectivity index (χ1) is 10.8. The molecule has 5 nitrogen and oxygen atoms in total. The van der Waals surface area contributed by atoms with E-state index in [1.165, 1.54) is 11.0 Å². The molecule has 0 atom stereocenters. The summed E-state index contributed by atoms with van der Waals surface area (Å²) in [6.45, 7) is 0.403. The van der Waals surface area contributed by atoms with Crippen LogP contribution in [0.5, 0.6) is 0 Å². The number of halogens is 2. The van der Waals surface area contributed by atoms with Gasteiger partial charge in [0.15, 0.2) is 0 Å². The number of carbonyl (C=O) groups is 2. The average molecular weight is 325 g/mol. The summed E-state index contributed by atoms with van der Waals surface area (Å²) >= 11 is 0. The summed E-state index contributed by atoms with van der Waals surface area (Å²) < 4.78 is 26.3. The van der Waals surface area contributed by atoms with Crippen LogP contribution in [0.15, 0.2) is 24.3 Å². The van der Waals surface area contributed by atoms with Gasteiger partial charge in [0.1, 0.15) is 0 Å². The second kappa shape index (κ2) is 6.93. The number of para-hydroxylation sites is 1. The molecule has 0 aromatic heterocycles. The standard InChI is InChI=1S/C16H21F2N3O2/c1-21(10-11-6-8-16(17,18)9-7-11)15(23)20-13-5-3-2-4-12(13)14(19)22/h2-5,11H,6-10H2,1H3,(H2,19,22)(H,20,23). The molecule has 0 bridgehead atoms. The minimum absolute atomic E-state index is 0.0664. The third-order valence-corrected chi connectivity index (χ3v) is 4.15. The Balaban J connectivity index is 1.92. The number of rotatable bonds is 4. The van der Waals surface area contributed by atoms with E-state index < -0.39 is 17.9 Å². The Bertz CT molecular complexity index is 582. The van der Waals surface area contributed by atoms with Crippen molar-refractivity contribution in [3.63, 3.8) is 0 Å². The van der Waals surface area contributed by atoms with Crippen molar-refractivity contribution in [2.24, 2.45) is 11.7 Å². The van der Waals surface area contributed by atoms with Gasteiger partial charge < -0.3 is 16.0 Å². The summed E-state index contributed by atoms with van der Waals surface area (Å²) in [6.07, 6.45) is 0.556. The van der Waals surface area contributed by atoms with E-state index in [-0.39, 0.29) is 24.3 Å². The van der Waals surface area contributed by atoms with E-state index in [0.29, 0.717) is 25.1 Å². The molecule has 1 aliphatic rings. The third-order valence-electron chi connectivity index (χ3n) is 4.15. The van der Waals surface area contributed by atoms with E-state index in [2.05, 4.69) is 5.32 Å². The van der Waals surface area contributed by atoms with Crippen molar-refractivity contribution in [2.45, 2.75) is 31.6 Å². The van der Waals surface area contributed by atoms with Gasteiger partial charge in [-0.05, 0) is 30.9 Å². The van der Waals surface area contributed by atoms with Crippen molar-refractivity contribution in [1.82, 2.24) is 4.90 Å². The molecule has 2 rings (SSSR count). The van der Waals surface area contributed by atoms with Crippen molar-refractivity contribution >= 4 is 17.6 Å². The number of carbonyl (C=O) groups excluding carboxylic acids is 2. The normalized spacial score (nSPS) is 17.5. The van der Waals surface area contributed by atoms with E-state index in [1.807, 2.05) is 0 Å². The monoisotopic (exact) mass is 325 g/mol. The van der Waals surface area contributed by atoms with E-state index in [4.69, 9.17) is 5.73 Å². The Kier molecular flexibility index (Phi) is 5.18. The molecule has 3 amide bonds. The van der Waals surface area contributed by atoms with Gasteiger partial charge in [0, 0.05) is 26.4 Å². The van der Waals surface area contributed by atoms with Crippen LogP contribution in [0.3, 0.4) is 0 Å². The Hall–Kier alpha value is -2.18. The van der Waals surface area contributed by atoms with Gasteiger partial charge in [-0.15, -0.1) is 0 Å². The van der Waals surface area contributed by atoms with Crippen LogP contribution in [-0.4, -0.2) is 36.4 Å². The summed E-state index contributed by atoms with van der Waals surface area (Å²) in [5, 5.41) is 2.64. The number of hydrogen-bond donors (Lipinski definition) is 2. The topological polar surface area (TPSA) is 75.4 Å². The number of nitrogens with zero attached hydrogens (tertiary/aromatic N) is 1. The van der Waals surface area contributed by atoms with Crippen molar-refractivity contribution in [1.29, 1.82) is 0 Å². The lowest BCUT2D eigenvalue weighted by Gasteiger charge is -2.31. The molecule has 1 aliphatic carbocycles. The Morgan fingerprint density at radius 2 is 1.91 bits per heavy atom. The van der Waals surface area contributed by atoms with Crippen LogP contribution < -0.4 is 11.1 Å². The summed E-state index contributed by atoms with van der Waals surface area (Å²) in [4.78, 5) is 25.0. The summed E-state index contributed by atoms with van der Waals surface area (Å²) in [7, 11) is 1.61. The van der Waals surface area contributed by atoms with Gasteiger partial charge >= 0.3 is 6.03 Å². The van der Waals surface area contributed by atoms with Crippen LogP contribution in [-0.2, 0) is 0 Å². The molecular formula is C16H21F2N3O2. The first kappa shape index (κ1) is 17.2. The summed E-state index contributed by atoms with van der Waals surface area (Å²) in [6, 6.07) is 6.07. The minimum atomic E-state index is -2.57. The van der Waals surface area contributed by atoms with Crippen molar-refractivity contribution < 1.29 is 18.4 Å². The minimum Gasteiger partial charge on any atom is -0.366 e. The van der Waals surface area contributed by atoms with Gasteiger partial charge in [-0.3, -0.25) is 4.79 Å². The molecule has 126 valence electrons. The lowest BCUT2D eigenvalue weighted by Crippen LogP contribution is -2.38. The third kappa shape index (κ3) is 4.64. The van der Waals surface area contributed by atoms with Gasteiger partial charge in [-0.1, -0.05) is 12.1 Å². The zero-order valence-corrected chi connectivity index (χ0v) is 13.0. The fourth-order valence-electron chi connectivity index (χ4n) is 2.77. The second-order valence-electron chi connectivity index (χ2n) is 6.02. The predicted octanol–water partition coefficient (Wildman–Crippen LogP) is 3.07. The molecule has 0 radical (unpaired) electrons. The van der Waals surface area contributed by atoms with Crippen LogP contribution in [0.25, 0.3) is 0 Å². The maximum Gasteiger partial charge on any atom is 0.321 e. The highest BCUT2D eigenvalue weighted by atomic mass is 19.3. The first-order valence-electron chi connectivity index (χ1n) is 7.57. The number of anilines is 1. The molecule has 7 heteroatoms. The van der Waals surface area contributed by atoms with Gasteiger partial charge in [-0.25, -0.2) is 13.6 Å². The highest BCUT2D eigenvalue weighted by molar-refractivity contribution is 6.02. The largest absolute Gasteiger partial charge is 0.366 e. The highest BCUT2D eigenvalue weighted by Crippen LogP contribution is 2.36. The SMILES string of the molecule is CN(CC1CCC(F)(F)CC1)C(=O)Nc1ccccc1C(N)=O. The number of urea groups is 1. The van der Waals surface area contributed by atoms with Gasteiger partial charge in [0.2, 0.25) is 5.92 Å². The maximum absolute atomic E-state index is 13.1. The molecule has 1 saturated carbocycles. The molecule has 1 aromatic carbocycles. The number of benzene rings is 1. The maximum atomic E-state index is 13.1. The van der Waals surface area contributed by atoms with Crippen LogP contribution in [0.1, 0.15) is 36.0 Å². The number of amides is 3. The molecule has 1 aromatic rings. The molecule has 0 saturated heterocycles. The summed E-state index contributed by atoms with van der Waals surface area (Å²) in [5.74, 6) is -3.13. The number of alkyl halides is 2. The fourth-order valence-corrected chi connectivity index (χ4v) is 2.77. The lowest BCUT2D eigenvalue weighted by atomic mass is 9.86. The number of nitrogens with one attached hydrogen (secondary N) is 1. The van der Waals surface area contributed by atoms with E-state index in [9.17, 15) is 18.4 Å². The molecule has 1 fully saturated rings. The quantitative estimate of drug-likeness (QED) is 0.892. The lowest BCUT2D eigenvalue weighted by molar-refractivity contribution is -0.0472. The van der Waals surface area contributed by atoms with Crippen LogP contribution in [0.4, 0.5) is 19.3 Å². The molecule has 0 aliphatic heterocycles. The fraction of sp³-hybridized carbons (Fsp3) is 0.500. The summed E-state index contributed by atoms with van der Waals surface area (Å²) in [5.41, 5.74) is 5.83. The van der Waals surface area contributed by atoms with Gasteiger partial charge in [-0.2, -0.15) is 0 Å². The Labute approximate surface area is 133 Å². The molecule has 0 heterocycles. The Morgan fingerprint density at radius 3 is 2.52 bits per heavy atom. The van der Waals surface area contributed by atoms with Gasteiger partial charge in [0.25, 0.3) is 5.91 Å². The average Bonchev–Trinajstić information content (AvgIpc) is 2.49. The van der Waals surface area contributed by atoms with E-state index in [1.54, 1.807) is 25.2 Å². The molecule has 23 heavy (non-hydrogen) atoms. The molecule has 0 spiro atoms. The van der Waals surface area contributed by atoms with Gasteiger partial charge in [0.05, 0.1) is 11.3 Å². The zero-order chi connectivity index (χ0) is 17.0. The number of nitrogens with two attached hydrogens (primary N) is 1. The highest BCUT2D eigenvalue weighted by Gasteiger charge is 2.35. The number of hydrogen-bond acceptors (Lipinski definition) is 2. The van der Waals surface area contributed by atoms with Crippen LogP contribution >= 0.6 is 0 Å². The van der Waals surface area contributed by atoms with Crippen molar-refractivity contribution in [2.75, 3.05) is 18.9 Å². The Morgan fingerprint density at radius 1 is 1.30 bits per heavy atom. The predicted molar refractivity (Wildman–Crippen MR) is 83.5 cm³/mol.